The van der Waals surface area contributed by atoms with Gasteiger partial charge in [0, 0.05) is 16.2 Å². The summed E-state index contributed by atoms with van der Waals surface area (Å²) in [5.74, 6) is 0. The van der Waals surface area contributed by atoms with Gasteiger partial charge in [0.2, 0.25) is 0 Å². The molecule has 2 rings (SSSR count). The van der Waals surface area contributed by atoms with Gasteiger partial charge in [-0.3, -0.25) is 0 Å². The highest BCUT2D eigenvalue weighted by atomic mass is 127. The molecule has 1 atom stereocenters. The van der Waals surface area contributed by atoms with Crippen LogP contribution in [-0.4, -0.2) is 30.6 Å². The molecule has 4 heteroatoms. The number of nitrogens with one attached hydrogen (secondary N) is 1. The third-order valence-corrected chi connectivity index (χ3v) is 4.54. The van der Waals surface area contributed by atoms with Crippen molar-refractivity contribution in [3.63, 3.8) is 0 Å². The van der Waals surface area contributed by atoms with Crippen molar-refractivity contribution in [3.8, 4) is 0 Å². The first kappa shape index (κ1) is 14.4. The molecule has 0 saturated carbocycles. The Kier molecular flexibility index (Phi) is 5.57. The van der Waals surface area contributed by atoms with E-state index >= 15 is 0 Å². The first-order valence-electron chi connectivity index (χ1n) is 6.63. The molecule has 2 nitrogen and oxygen atoms in total. The summed E-state index contributed by atoms with van der Waals surface area (Å²) in [5.41, 5.74) is 1.08. The smallest absolute Gasteiger partial charge is 0.0648 e. The third kappa shape index (κ3) is 4.00. The van der Waals surface area contributed by atoms with Crippen LogP contribution in [-0.2, 0) is 0 Å². The summed E-state index contributed by atoms with van der Waals surface area (Å²) in [6.07, 6.45) is 3.71. The standard InChI is InChI=1S/C14H20ClIN2/c1-2-18-8-3-4-12(7-9-18)17-14-6-5-11(16)10-13(14)15/h5-6,10,12,17H,2-4,7-9H2,1H3. The Hall–Kier alpha value is -0.0000000000000000555. The van der Waals surface area contributed by atoms with E-state index in [-0.39, 0.29) is 0 Å². The maximum Gasteiger partial charge on any atom is 0.0648 e. The molecule has 18 heavy (non-hydrogen) atoms. The van der Waals surface area contributed by atoms with Crippen LogP contribution in [0.5, 0.6) is 0 Å². The summed E-state index contributed by atoms with van der Waals surface area (Å²) in [6.45, 7) is 5.83. The molecule has 1 unspecified atom stereocenters. The lowest BCUT2D eigenvalue weighted by Gasteiger charge is -2.20. The van der Waals surface area contributed by atoms with Gasteiger partial charge in [0.05, 0.1) is 10.7 Å². The van der Waals surface area contributed by atoms with Crippen molar-refractivity contribution in [1.82, 2.24) is 4.90 Å². The second kappa shape index (κ2) is 6.96. The van der Waals surface area contributed by atoms with Gasteiger partial charge >= 0.3 is 0 Å². The molecule has 1 aromatic carbocycles. The number of likely N-dealkylation sites (tertiary alicyclic amines) is 1. The highest BCUT2D eigenvalue weighted by molar-refractivity contribution is 14.1. The summed E-state index contributed by atoms with van der Waals surface area (Å²) in [4.78, 5) is 2.53. The molecule has 1 saturated heterocycles. The van der Waals surface area contributed by atoms with E-state index in [0.29, 0.717) is 6.04 Å². The Balaban J connectivity index is 1.96. The molecule has 1 fully saturated rings. The fourth-order valence-electron chi connectivity index (χ4n) is 2.44. The molecule has 1 aliphatic heterocycles. The Bertz CT molecular complexity index is 397. The molecule has 0 aromatic heterocycles. The van der Waals surface area contributed by atoms with E-state index in [2.05, 4.69) is 51.9 Å². The number of hydrogen-bond donors (Lipinski definition) is 1. The zero-order valence-electron chi connectivity index (χ0n) is 10.8. The fraction of sp³-hybridized carbons (Fsp3) is 0.571. The minimum absolute atomic E-state index is 0.555. The van der Waals surface area contributed by atoms with Crippen LogP contribution in [0.3, 0.4) is 0 Å². The van der Waals surface area contributed by atoms with Gasteiger partial charge in [0.1, 0.15) is 0 Å². The van der Waals surface area contributed by atoms with Crippen LogP contribution in [0, 0.1) is 3.57 Å². The normalized spacial score (nSPS) is 21.6. The topological polar surface area (TPSA) is 15.3 Å². The van der Waals surface area contributed by atoms with Crippen molar-refractivity contribution in [2.45, 2.75) is 32.2 Å². The molecular weight excluding hydrogens is 359 g/mol. The molecule has 1 aromatic rings. The molecule has 1 N–H and O–H groups in total. The number of benzene rings is 1. The van der Waals surface area contributed by atoms with E-state index in [9.17, 15) is 0 Å². The van der Waals surface area contributed by atoms with E-state index in [1.165, 1.54) is 35.9 Å². The molecule has 0 radical (unpaired) electrons. The highest BCUT2D eigenvalue weighted by Gasteiger charge is 2.16. The molecule has 0 aliphatic carbocycles. The molecule has 0 bridgehead atoms. The van der Waals surface area contributed by atoms with Crippen LogP contribution in [0.2, 0.25) is 5.02 Å². The lowest BCUT2D eigenvalue weighted by atomic mass is 10.1. The van der Waals surface area contributed by atoms with Gasteiger partial charge in [0.25, 0.3) is 0 Å². The van der Waals surface area contributed by atoms with E-state index in [0.717, 1.165) is 17.3 Å². The van der Waals surface area contributed by atoms with Crippen molar-refractivity contribution in [2.24, 2.45) is 0 Å². The average molecular weight is 379 g/mol. The lowest BCUT2D eigenvalue weighted by molar-refractivity contribution is 0.300. The first-order valence-corrected chi connectivity index (χ1v) is 8.08. The van der Waals surface area contributed by atoms with E-state index in [1.807, 2.05) is 6.07 Å². The first-order chi connectivity index (χ1) is 8.69. The predicted molar refractivity (Wildman–Crippen MR) is 87.5 cm³/mol. The maximum absolute atomic E-state index is 6.27. The second-order valence-corrected chi connectivity index (χ2v) is 6.48. The Morgan fingerprint density at radius 2 is 2.22 bits per heavy atom. The molecule has 100 valence electrons. The van der Waals surface area contributed by atoms with E-state index in [1.54, 1.807) is 0 Å². The molecule has 0 spiro atoms. The van der Waals surface area contributed by atoms with E-state index < -0.39 is 0 Å². The maximum atomic E-state index is 6.27. The summed E-state index contributed by atoms with van der Waals surface area (Å²) in [7, 11) is 0. The summed E-state index contributed by atoms with van der Waals surface area (Å²) in [6, 6.07) is 6.76. The van der Waals surface area contributed by atoms with Gasteiger partial charge in [-0.1, -0.05) is 18.5 Å². The van der Waals surface area contributed by atoms with Crippen molar-refractivity contribution in [2.75, 3.05) is 25.0 Å². The van der Waals surface area contributed by atoms with Crippen LogP contribution in [0.25, 0.3) is 0 Å². The van der Waals surface area contributed by atoms with Crippen LogP contribution in [0.4, 0.5) is 5.69 Å². The number of halogens is 2. The largest absolute Gasteiger partial charge is 0.381 e. The van der Waals surface area contributed by atoms with Gasteiger partial charge in [-0.15, -0.1) is 0 Å². The SMILES string of the molecule is CCN1CCCC(Nc2ccc(I)cc2Cl)CC1. The summed E-state index contributed by atoms with van der Waals surface area (Å²) < 4.78 is 1.18. The zero-order valence-corrected chi connectivity index (χ0v) is 13.7. The predicted octanol–water partition coefficient (Wildman–Crippen LogP) is 4.23. The van der Waals surface area contributed by atoms with Gasteiger partial charge in [-0.25, -0.2) is 0 Å². The van der Waals surface area contributed by atoms with Crippen LogP contribution >= 0.6 is 34.2 Å². The molecule has 1 aliphatic rings. The number of nitrogens with zero attached hydrogens (tertiary/aromatic N) is 1. The number of anilines is 1. The lowest BCUT2D eigenvalue weighted by Crippen LogP contribution is -2.26. The van der Waals surface area contributed by atoms with Crippen molar-refractivity contribution in [1.29, 1.82) is 0 Å². The summed E-state index contributed by atoms with van der Waals surface area (Å²) >= 11 is 8.56. The average Bonchev–Trinajstić information content (AvgIpc) is 2.58. The zero-order chi connectivity index (χ0) is 13.0. The van der Waals surface area contributed by atoms with Crippen molar-refractivity contribution < 1.29 is 0 Å². The van der Waals surface area contributed by atoms with Gasteiger partial charge in [-0.05, 0) is 73.1 Å². The van der Waals surface area contributed by atoms with Gasteiger partial charge < -0.3 is 10.2 Å². The van der Waals surface area contributed by atoms with Crippen molar-refractivity contribution >= 4 is 39.9 Å². The highest BCUT2D eigenvalue weighted by Crippen LogP contribution is 2.26. The summed E-state index contributed by atoms with van der Waals surface area (Å²) in [5, 5.41) is 4.43. The van der Waals surface area contributed by atoms with Gasteiger partial charge in [0.15, 0.2) is 0 Å². The fourth-order valence-corrected chi connectivity index (χ4v) is 3.35. The van der Waals surface area contributed by atoms with Crippen LogP contribution in [0.1, 0.15) is 26.2 Å². The Labute approximate surface area is 128 Å². The quantitative estimate of drug-likeness (QED) is 0.792. The Morgan fingerprint density at radius 1 is 1.39 bits per heavy atom. The minimum Gasteiger partial charge on any atom is -0.381 e. The molecule has 0 amide bonds. The minimum atomic E-state index is 0.555. The third-order valence-electron chi connectivity index (χ3n) is 3.56. The molecule has 1 heterocycles. The second-order valence-electron chi connectivity index (χ2n) is 4.83. The number of hydrogen-bond acceptors (Lipinski definition) is 2. The monoisotopic (exact) mass is 378 g/mol. The van der Waals surface area contributed by atoms with Gasteiger partial charge in [-0.2, -0.15) is 0 Å². The molecular formula is C14H20ClIN2. The van der Waals surface area contributed by atoms with E-state index in [4.69, 9.17) is 11.6 Å². The van der Waals surface area contributed by atoms with Crippen LogP contribution in [0.15, 0.2) is 18.2 Å². The van der Waals surface area contributed by atoms with Crippen molar-refractivity contribution in [3.05, 3.63) is 26.8 Å². The Morgan fingerprint density at radius 3 is 2.94 bits per heavy atom. The van der Waals surface area contributed by atoms with Crippen LogP contribution < -0.4 is 5.32 Å². The number of rotatable bonds is 3.